The standard InChI is InChI=1S/C17H18BrN3O2/c18-14-7-5-13(6-8-14)16(12-3-1-4-12)20-15(22)11-21-10-2-9-19-17(21)23/h2,5-10,12,16H,1,3-4,11H2,(H,20,22)/t16-/m0/s1. The minimum absolute atomic E-state index is 0.00303. The molecule has 6 heteroatoms. The fourth-order valence-electron chi connectivity index (χ4n) is 2.80. The molecule has 1 fully saturated rings. The first-order chi connectivity index (χ1) is 11.1. The van der Waals surface area contributed by atoms with Crippen LogP contribution in [0.2, 0.25) is 0 Å². The number of benzene rings is 1. The molecule has 0 spiro atoms. The summed E-state index contributed by atoms with van der Waals surface area (Å²) in [5.74, 6) is 0.297. The molecule has 1 amide bonds. The molecule has 1 saturated carbocycles. The summed E-state index contributed by atoms with van der Waals surface area (Å²) in [5, 5.41) is 3.09. The number of rotatable bonds is 5. The highest BCUT2D eigenvalue weighted by molar-refractivity contribution is 9.10. The molecule has 1 heterocycles. The molecule has 1 atom stereocenters. The van der Waals surface area contributed by atoms with Crippen LogP contribution in [0.4, 0.5) is 0 Å². The first-order valence-corrected chi connectivity index (χ1v) is 8.49. The van der Waals surface area contributed by atoms with Gasteiger partial charge < -0.3 is 5.32 Å². The van der Waals surface area contributed by atoms with Crippen molar-refractivity contribution in [2.75, 3.05) is 0 Å². The highest BCUT2D eigenvalue weighted by Crippen LogP contribution is 2.37. The molecule has 0 unspecified atom stereocenters. The van der Waals surface area contributed by atoms with Gasteiger partial charge in [-0.05, 0) is 42.5 Å². The van der Waals surface area contributed by atoms with E-state index in [9.17, 15) is 9.59 Å². The van der Waals surface area contributed by atoms with Gasteiger partial charge in [0.15, 0.2) is 0 Å². The van der Waals surface area contributed by atoms with Crippen molar-refractivity contribution in [3.8, 4) is 0 Å². The van der Waals surface area contributed by atoms with Crippen LogP contribution in [-0.2, 0) is 11.3 Å². The monoisotopic (exact) mass is 375 g/mol. The lowest BCUT2D eigenvalue weighted by Gasteiger charge is -2.34. The fraction of sp³-hybridized carbons (Fsp3) is 0.353. The van der Waals surface area contributed by atoms with Crippen LogP contribution < -0.4 is 11.0 Å². The quantitative estimate of drug-likeness (QED) is 0.873. The number of hydrogen-bond acceptors (Lipinski definition) is 3. The van der Waals surface area contributed by atoms with E-state index in [1.165, 1.54) is 17.2 Å². The fourth-order valence-corrected chi connectivity index (χ4v) is 3.06. The molecule has 3 rings (SSSR count). The van der Waals surface area contributed by atoms with Crippen LogP contribution in [0.25, 0.3) is 0 Å². The highest BCUT2D eigenvalue weighted by Gasteiger charge is 2.29. The van der Waals surface area contributed by atoms with E-state index in [0.29, 0.717) is 5.92 Å². The molecule has 1 N–H and O–H groups in total. The van der Waals surface area contributed by atoms with Crippen molar-refractivity contribution < 1.29 is 4.79 Å². The Morgan fingerprint density at radius 2 is 2.09 bits per heavy atom. The maximum absolute atomic E-state index is 12.4. The van der Waals surface area contributed by atoms with E-state index in [0.717, 1.165) is 22.9 Å². The molecule has 5 nitrogen and oxygen atoms in total. The Kier molecular flexibility index (Phi) is 4.91. The second kappa shape index (κ2) is 7.08. The van der Waals surface area contributed by atoms with E-state index < -0.39 is 5.69 Å². The van der Waals surface area contributed by atoms with Gasteiger partial charge in [-0.15, -0.1) is 0 Å². The summed E-state index contributed by atoms with van der Waals surface area (Å²) >= 11 is 3.43. The lowest BCUT2D eigenvalue weighted by atomic mass is 9.77. The topological polar surface area (TPSA) is 64.0 Å². The lowest BCUT2D eigenvalue weighted by Crippen LogP contribution is -2.39. The Morgan fingerprint density at radius 3 is 2.70 bits per heavy atom. The molecule has 2 aromatic rings. The summed E-state index contributed by atoms with van der Waals surface area (Å²) in [7, 11) is 0. The van der Waals surface area contributed by atoms with Gasteiger partial charge >= 0.3 is 5.69 Å². The lowest BCUT2D eigenvalue weighted by molar-refractivity contribution is -0.123. The zero-order valence-corrected chi connectivity index (χ0v) is 14.2. The molecule has 0 radical (unpaired) electrons. The molecule has 120 valence electrons. The van der Waals surface area contributed by atoms with E-state index in [4.69, 9.17) is 0 Å². The Balaban J connectivity index is 1.73. The number of carbonyl (C=O) groups excluding carboxylic acids is 1. The van der Waals surface area contributed by atoms with Crippen molar-refractivity contribution in [2.24, 2.45) is 5.92 Å². The Labute approximate surface area is 142 Å². The molecule has 1 aromatic heterocycles. The summed E-state index contributed by atoms with van der Waals surface area (Å²) < 4.78 is 2.33. The van der Waals surface area contributed by atoms with Gasteiger partial charge in [-0.25, -0.2) is 9.78 Å². The van der Waals surface area contributed by atoms with E-state index >= 15 is 0 Å². The molecule has 1 aromatic carbocycles. The van der Waals surface area contributed by atoms with E-state index in [1.807, 2.05) is 24.3 Å². The smallest absolute Gasteiger partial charge is 0.347 e. The minimum atomic E-state index is -0.411. The maximum atomic E-state index is 12.4. The average Bonchev–Trinajstić information content (AvgIpc) is 2.48. The number of halogens is 1. The Hall–Kier alpha value is -1.95. The van der Waals surface area contributed by atoms with Crippen molar-refractivity contribution in [1.29, 1.82) is 0 Å². The summed E-state index contributed by atoms with van der Waals surface area (Å²) in [6.45, 7) is -0.00752. The van der Waals surface area contributed by atoms with Gasteiger partial charge in [0.25, 0.3) is 0 Å². The largest absolute Gasteiger partial charge is 0.347 e. The Morgan fingerprint density at radius 1 is 1.35 bits per heavy atom. The SMILES string of the molecule is O=C(Cn1cccnc1=O)N[C@H](c1ccc(Br)cc1)C1CCC1. The number of aromatic nitrogens is 2. The van der Waals surface area contributed by atoms with Crippen molar-refractivity contribution in [2.45, 2.75) is 31.8 Å². The zero-order valence-electron chi connectivity index (χ0n) is 12.6. The second-order valence-electron chi connectivity index (χ2n) is 5.82. The van der Waals surface area contributed by atoms with Gasteiger partial charge in [0, 0.05) is 16.9 Å². The van der Waals surface area contributed by atoms with Gasteiger partial charge in [-0.3, -0.25) is 9.36 Å². The molecule has 0 aliphatic heterocycles. The van der Waals surface area contributed by atoms with Gasteiger partial charge in [0.2, 0.25) is 5.91 Å². The van der Waals surface area contributed by atoms with Crippen LogP contribution in [0.3, 0.4) is 0 Å². The van der Waals surface area contributed by atoms with Gasteiger partial charge in [0.05, 0.1) is 6.04 Å². The van der Waals surface area contributed by atoms with E-state index in [-0.39, 0.29) is 18.5 Å². The summed E-state index contributed by atoms with van der Waals surface area (Å²) in [4.78, 5) is 27.6. The summed E-state index contributed by atoms with van der Waals surface area (Å²) in [6, 6.07) is 9.68. The predicted octanol–water partition coefficient (Wildman–Crippen LogP) is 2.66. The van der Waals surface area contributed by atoms with Crippen LogP contribution in [0, 0.1) is 5.92 Å². The third-order valence-corrected chi connectivity index (χ3v) is 4.79. The highest BCUT2D eigenvalue weighted by atomic mass is 79.9. The van der Waals surface area contributed by atoms with Crippen molar-refractivity contribution in [3.63, 3.8) is 0 Å². The van der Waals surface area contributed by atoms with Crippen LogP contribution in [0.5, 0.6) is 0 Å². The molecule has 0 saturated heterocycles. The summed E-state index contributed by atoms with van der Waals surface area (Å²) in [5.41, 5.74) is 0.691. The third kappa shape index (κ3) is 3.88. The zero-order chi connectivity index (χ0) is 16.2. The van der Waals surface area contributed by atoms with E-state index in [1.54, 1.807) is 12.3 Å². The van der Waals surface area contributed by atoms with Gasteiger partial charge in [0.1, 0.15) is 6.54 Å². The molecule has 1 aliphatic rings. The third-order valence-electron chi connectivity index (χ3n) is 4.26. The van der Waals surface area contributed by atoms with Crippen LogP contribution in [0.1, 0.15) is 30.9 Å². The van der Waals surface area contributed by atoms with Crippen LogP contribution >= 0.6 is 15.9 Å². The summed E-state index contributed by atoms with van der Waals surface area (Å²) in [6.07, 6.45) is 6.44. The van der Waals surface area contributed by atoms with Crippen molar-refractivity contribution in [1.82, 2.24) is 14.9 Å². The Bertz CT molecular complexity index is 738. The van der Waals surface area contributed by atoms with Crippen molar-refractivity contribution in [3.05, 3.63) is 63.2 Å². The number of amides is 1. The maximum Gasteiger partial charge on any atom is 0.347 e. The molecular weight excluding hydrogens is 358 g/mol. The second-order valence-corrected chi connectivity index (χ2v) is 6.73. The first-order valence-electron chi connectivity index (χ1n) is 7.70. The molecule has 23 heavy (non-hydrogen) atoms. The van der Waals surface area contributed by atoms with Crippen LogP contribution in [-0.4, -0.2) is 15.5 Å². The van der Waals surface area contributed by atoms with E-state index in [2.05, 4.69) is 26.2 Å². The normalized spacial score (nSPS) is 15.7. The number of hydrogen-bond donors (Lipinski definition) is 1. The first kappa shape index (κ1) is 15.9. The minimum Gasteiger partial charge on any atom is -0.347 e. The van der Waals surface area contributed by atoms with Gasteiger partial charge in [-0.1, -0.05) is 34.5 Å². The number of nitrogens with one attached hydrogen (secondary N) is 1. The average molecular weight is 376 g/mol. The molecular formula is C17H18BrN3O2. The number of carbonyl (C=O) groups is 1. The predicted molar refractivity (Wildman–Crippen MR) is 90.9 cm³/mol. The van der Waals surface area contributed by atoms with Crippen molar-refractivity contribution >= 4 is 21.8 Å². The molecule has 1 aliphatic carbocycles. The van der Waals surface area contributed by atoms with Crippen LogP contribution in [0.15, 0.2) is 52.0 Å². The molecule has 0 bridgehead atoms. The van der Waals surface area contributed by atoms with Gasteiger partial charge in [-0.2, -0.15) is 0 Å². The number of nitrogens with zero attached hydrogens (tertiary/aromatic N) is 2.